The summed E-state index contributed by atoms with van der Waals surface area (Å²) in [5, 5.41) is 13.2. The molecule has 7 nitrogen and oxygen atoms in total. The van der Waals surface area contributed by atoms with E-state index in [1.165, 1.54) is 5.56 Å². The van der Waals surface area contributed by atoms with E-state index in [0.29, 0.717) is 19.8 Å². The summed E-state index contributed by atoms with van der Waals surface area (Å²) in [6.07, 6.45) is 4.88. The lowest BCUT2D eigenvalue weighted by Gasteiger charge is -2.35. The summed E-state index contributed by atoms with van der Waals surface area (Å²) < 4.78 is 11.4. The average Bonchev–Trinajstić information content (AvgIpc) is 2.77. The number of piperidine rings is 1. The maximum absolute atomic E-state index is 9.69. The Hall–Kier alpha value is -2.54. The van der Waals surface area contributed by atoms with Gasteiger partial charge in [-0.25, -0.2) is 9.97 Å². The van der Waals surface area contributed by atoms with Gasteiger partial charge < -0.3 is 24.8 Å². The molecule has 1 aromatic carbocycles. The molecule has 1 fully saturated rings. The van der Waals surface area contributed by atoms with E-state index in [9.17, 15) is 5.11 Å². The van der Waals surface area contributed by atoms with Gasteiger partial charge in [0.25, 0.3) is 0 Å². The van der Waals surface area contributed by atoms with Gasteiger partial charge in [-0.15, -0.1) is 0 Å². The largest absolute Gasteiger partial charge is 0.486 e. The Morgan fingerprint density at radius 2 is 1.97 bits per heavy atom. The quantitative estimate of drug-likeness (QED) is 0.774. The first kappa shape index (κ1) is 19.8. The number of fused-ring (bicyclic) bond motifs is 1. The van der Waals surface area contributed by atoms with Gasteiger partial charge in [-0.3, -0.25) is 0 Å². The minimum Gasteiger partial charge on any atom is -0.486 e. The number of anilines is 2. The van der Waals surface area contributed by atoms with Crippen molar-refractivity contribution < 1.29 is 14.6 Å². The highest BCUT2D eigenvalue weighted by molar-refractivity contribution is 5.50. The molecule has 7 heteroatoms. The van der Waals surface area contributed by atoms with E-state index in [0.717, 1.165) is 48.9 Å². The van der Waals surface area contributed by atoms with Crippen molar-refractivity contribution >= 4 is 11.6 Å². The van der Waals surface area contributed by atoms with Crippen LogP contribution in [0.3, 0.4) is 0 Å². The van der Waals surface area contributed by atoms with Crippen LogP contribution in [0.5, 0.6) is 11.5 Å². The number of nitrogens with zero attached hydrogens (tertiary/aromatic N) is 3. The summed E-state index contributed by atoms with van der Waals surface area (Å²) in [4.78, 5) is 11.0. The Labute approximate surface area is 172 Å². The van der Waals surface area contributed by atoms with Gasteiger partial charge in [-0.05, 0) is 37.0 Å². The molecule has 2 aliphatic rings. The van der Waals surface area contributed by atoms with Gasteiger partial charge in [-0.1, -0.05) is 19.9 Å². The molecular weight excluding hydrogens is 368 g/mol. The van der Waals surface area contributed by atoms with E-state index in [1.807, 2.05) is 12.1 Å². The number of hydrogen-bond acceptors (Lipinski definition) is 7. The van der Waals surface area contributed by atoms with Crippen LogP contribution >= 0.6 is 0 Å². The van der Waals surface area contributed by atoms with Crippen molar-refractivity contribution in [2.75, 3.05) is 43.1 Å². The normalized spacial score (nSPS) is 19.1. The van der Waals surface area contributed by atoms with Crippen molar-refractivity contribution in [3.8, 4) is 11.5 Å². The highest BCUT2D eigenvalue weighted by Gasteiger charge is 2.25. The smallest absolute Gasteiger partial charge is 0.161 e. The maximum Gasteiger partial charge on any atom is 0.161 e. The molecule has 29 heavy (non-hydrogen) atoms. The first-order chi connectivity index (χ1) is 14.1. The molecule has 156 valence electrons. The van der Waals surface area contributed by atoms with E-state index in [-0.39, 0.29) is 18.1 Å². The number of rotatable bonds is 6. The van der Waals surface area contributed by atoms with Crippen molar-refractivity contribution in [3.05, 3.63) is 36.2 Å². The molecule has 2 aliphatic heterocycles. The van der Waals surface area contributed by atoms with E-state index < -0.39 is 0 Å². The fourth-order valence-corrected chi connectivity index (χ4v) is 3.97. The Kier molecular flexibility index (Phi) is 5.76. The van der Waals surface area contributed by atoms with Gasteiger partial charge in [0, 0.05) is 24.6 Å². The molecule has 3 heterocycles. The van der Waals surface area contributed by atoms with Crippen LogP contribution in [0.25, 0.3) is 0 Å². The van der Waals surface area contributed by atoms with Crippen LogP contribution in [-0.4, -0.2) is 54.0 Å². The lowest BCUT2D eigenvalue weighted by Crippen LogP contribution is -2.42. The molecule has 2 N–H and O–H groups in total. The van der Waals surface area contributed by atoms with Crippen LogP contribution in [0.15, 0.2) is 30.6 Å². The van der Waals surface area contributed by atoms with Gasteiger partial charge in [0.2, 0.25) is 0 Å². The molecule has 0 saturated carbocycles. The number of benzene rings is 1. The van der Waals surface area contributed by atoms with Gasteiger partial charge in [0.15, 0.2) is 11.5 Å². The lowest BCUT2D eigenvalue weighted by molar-refractivity contribution is 0.171. The van der Waals surface area contributed by atoms with Crippen LogP contribution in [0.1, 0.15) is 38.7 Å². The molecule has 2 aromatic rings. The standard InChI is InChI=1S/C22H30N4O3/c1-22(2,16-6-7-18-19(11-16)29-10-9-28-18)14-23-20-12-21(25-15-24-20)26-8-4-3-5-17(26)13-27/h6-7,11-12,15,17,27H,3-5,8-10,13-14H2,1-2H3,(H,23,24,25). The number of nitrogens with one attached hydrogen (secondary N) is 1. The van der Waals surface area contributed by atoms with E-state index in [1.54, 1.807) is 6.33 Å². The summed E-state index contributed by atoms with van der Waals surface area (Å²) in [5.41, 5.74) is 1.06. The highest BCUT2D eigenvalue weighted by atomic mass is 16.6. The first-order valence-corrected chi connectivity index (χ1v) is 10.4. The topological polar surface area (TPSA) is 79.7 Å². The molecule has 1 aromatic heterocycles. The van der Waals surface area contributed by atoms with Gasteiger partial charge in [0.1, 0.15) is 31.2 Å². The van der Waals surface area contributed by atoms with Crippen LogP contribution in [0.4, 0.5) is 11.6 Å². The fourth-order valence-electron chi connectivity index (χ4n) is 3.97. The Balaban J connectivity index is 1.45. The van der Waals surface area contributed by atoms with Crippen molar-refractivity contribution in [2.24, 2.45) is 0 Å². The summed E-state index contributed by atoms with van der Waals surface area (Å²) in [6, 6.07) is 8.27. The van der Waals surface area contributed by atoms with Crippen LogP contribution in [-0.2, 0) is 5.41 Å². The fraction of sp³-hybridized carbons (Fsp3) is 0.545. The predicted octanol–water partition coefficient (Wildman–Crippen LogP) is 2.99. The summed E-state index contributed by atoms with van der Waals surface area (Å²) >= 11 is 0. The monoisotopic (exact) mass is 398 g/mol. The van der Waals surface area contributed by atoms with Gasteiger partial charge >= 0.3 is 0 Å². The molecule has 1 saturated heterocycles. The number of aromatic nitrogens is 2. The average molecular weight is 399 g/mol. The second kappa shape index (κ2) is 8.45. The first-order valence-electron chi connectivity index (χ1n) is 10.4. The summed E-state index contributed by atoms with van der Waals surface area (Å²) in [5.74, 6) is 3.29. The predicted molar refractivity (Wildman–Crippen MR) is 113 cm³/mol. The molecule has 0 spiro atoms. The third-order valence-electron chi connectivity index (χ3n) is 5.82. The van der Waals surface area contributed by atoms with Crippen LogP contribution in [0, 0.1) is 0 Å². The SMILES string of the molecule is CC(C)(CNc1cc(N2CCCCC2CO)ncn1)c1ccc2c(c1)OCCO2. The maximum atomic E-state index is 9.69. The molecule has 1 unspecified atom stereocenters. The molecule has 4 rings (SSSR count). The number of aliphatic hydroxyl groups is 1. The third-order valence-corrected chi connectivity index (χ3v) is 5.82. The Morgan fingerprint density at radius 1 is 1.14 bits per heavy atom. The highest BCUT2D eigenvalue weighted by Crippen LogP contribution is 2.35. The van der Waals surface area contributed by atoms with Crippen molar-refractivity contribution in [3.63, 3.8) is 0 Å². The number of hydrogen-bond donors (Lipinski definition) is 2. The second-order valence-electron chi connectivity index (χ2n) is 8.38. The lowest BCUT2D eigenvalue weighted by atomic mass is 9.84. The Morgan fingerprint density at radius 3 is 2.79 bits per heavy atom. The minimum absolute atomic E-state index is 0.125. The minimum atomic E-state index is -0.125. The second-order valence-corrected chi connectivity index (χ2v) is 8.38. The van der Waals surface area contributed by atoms with Gasteiger partial charge in [-0.2, -0.15) is 0 Å². The Bertz CT molecular complexity index is 843. The van der Waals surface area contributed by atoms with Gasteiger partial charge in [0.05, 0.1) is 12.6 Å². The molecule has 0 aliphatic carbocycles. The molecule has 0 bridgehead atoms. The summed E-state index contributed by atoms with van der Waals surface area (Å²) in [6.45, 7) is 7.37. The van der Waals surface area contributed by atoms with Crippen molar-refractivity contribution in [1.29, 1.82) is 0 Å². The molecule has 1 atom stereocenters. The summed E-state index contributed by atoms with van der Waals surface area (Å²) in [7, 11) is 0. The number of ether oxygens (including phenoxy) is 2. The molecule has 0 amide bonds. The van der Waals surface area contributed by atoms with E-state index in [2.05, 4.69) is 46.2 Å². The molecule has 0 radical (unpaired) electrons. The number of aliphatic hydroxyl groups excluding tert-OH is 1. The third kappa shape index (κ3) is 4.40. The zero-order chi connectivity index (χ0) is 20.3. The zero-order valence-electron chi connectivity index (χ0n) is 17.2. The van der Waals surface area contributed by atoms with Crippen molar-refractivity contribution in [2.45, 2.75) is 44.6 Å². The van der Waals surface area contributed by atoms with E-state index in [4.69, 9.17) is 9.47 Å². The van der Waals surface area contributed by atoms with Crippen LogP contribution < -0.4 is 19.7 Å². The zero-order valence-corrected chi connectivity index (χ0v) is 17.2. The van der Waals surface area contributed by atoms with E-state index >= 15 is 0 Å². The molecular formula is C22H30N4O3. The van der Waals surface area contributed by atoms with Crippen LogP contribution in [0.2, 0.25) is 0 Å². The van der Waals surface area contributed by atoms with Crippen molar-refractivity contribution in [1.82, 2.24) is 9.97 Å².